The monoisotopic (exact) mass is 308 g/mol. The van der Waals surface area contributed by atoms with Crippen molar-refractivity contribution < 1.29 is 9.59 Å². The Morgan fingerprint density at radius 3 is 2.22 bits per heavy atom. The number of hydrogen-bond acceptors (Lipinski definition) is 2. The maximum Gasteiger partial charge on any atom is 0.318 e. The number of amides is 3. The zero-order valence-corrected chi connectivity index (χ0v) is 12.5. The number of nitrogens with one attached hydrogen (secondary N) is 4. The van der Waals surface area contributed by atoms with Crippen LogP contribution in [0.25, 0.3) is 10.9 Å². The van der Waals surface area contributed by atoms with Gasteiger partial charge in [0.15, 0.2) is 0 Å². The number of carbonyl (C=O) groups is 2. The Morgan fingerprint density at radius 2 is 1.57 bits per heavy atom. The van der Waals surface area contributed by atoms with Gasteiger partial charge in [0, 0.05) is 29.3 Å². The van der Waals surface area contributed by atoms with Gasteiger partial charge in [-0.3, -0.25) is 4.79 Å². The van der Waals surface area contributed by atoms with Crippen molar-refractivity contribution in [3.63, 3.8) is 0 Å². The second-order valence-corrected chi connectivity index (χ2v) is 5.01. The number of rotatable bonds is 3. The average Bonchev–Trinajstić information content (AvgIpc) is 3.00. The summed E-state index contributed by atoms with van der Waals surface area (Å²) in [5.74, 6) is -0.215. The lowest BCUT2D eigenvalue weighted by atomic mass is 10.2. The van der Waals surface area contributed by atoms with Crippen LogP contribution in [0.5, 0.6) is 0 Å². The highest BCUT2D eigenvalue weighted by molar-refractivity contribution is 6.06. The molecule has 2 aromatic carbocycles. The third kappa shape index (κ3) is 3.32. The molecule has 0 aliphatic carbocycles. The summed E-state index contributed by atoms with van der Waals surface area (Å²) in [6, 6.07) is 16.1. The van der Waals surface area contributed by atoms with Crippen LogP contribution in [-0.2, 0) is 0 Å². The first kappa shape index (κ1) is 14.6. The minimum Gasteiger partial charge on any atom is -0.351 e. The number of aromatic amines is 1. The Labute approximate surface area is 132 Å². The zero-order valence-electron chi connectivity index (χ0n) is 12.5. The van der Waals surface area contributed by atoms with Crippen LogP contribution in [0.4, 0.5) is 16.2 Å². The molecule has 1 aromatic heterocycles. The SMILES string of the molecule is CNC(=O)Nc1ccc(NC(=O)c2cc3ccccc3[nH]2)cc1. The number of para-hydroxylation sites is 1. The van der Waals surface area contributed by atoms with E-state index in [0.29, 0.717) is 17.1 Å². The van der Waals surface area contributed by atoms with E-state index in [4.69, 9.17) is 0 Å². The molecular formula is C17H16N4O2. The highest BCUT2D eigenvalue weighted by Crippen LogP contribution is 2.17. The summed E-state index contributed by atoms with van der Waals surface area (Å²) in [6.07, 6.45) is 0. The highest BCUT2D eigenvalue weighted by atomic mass is 16.2. The minimum atomic E-state index is -0.292. The van der Waals surface area contributed by atoms with E-state index in [9.17, 15) is 9.59 Å². The summed E-state index contributed by atoms with van der Waals surface area (Å²) in [7, 11) is 1.55. The fourth-order valence-electron chi connectivity index (χ4n) is 2.22. The van der Waals surface area contributed by atoms with Crippen molar-refractivity contribution in [2.75, 3.05) is 17.7 Å². The van der Waals surface area contributed by atoms with E-state index in [2.05, 4.69) is 20.9 Å². The second kappa shape index (κ2) is 6.23. The molecule has 116 valence electrons. The van der Waals surface area contributed by atoms with Crippen LogP contribution in [0.15, 0.2) is 54.6 Å². The van der Waals surface area contributed by atoms with Crippen LogP contribution in [0.2, 0.25) is 0 Å². The Kier molecular flexibility index (Phi) is 3.97. The first-order chi connectivity index (χ1) is 11.2. The third-order valence-corrected chi connectivity index (χ3v) is 3.40. The summed E-state index contributed by atoms with van der Waals surface area (Å²) in [5.41, 5.74) is 2.71. The molecule has 6 nitrogen and oxygen atoms in total. The van der Waals surface area contributed by atoms with Gasteiger partial charge in [-0.2, -0.15) is 0 Å². The smallest absolute Gasteiger partial charge is 0.318 e. The van der Waals surface area contributed by atoms with Crippen LogP contribution < -0.4 is 16.0 Å². The lowest BCUT2D eigenvalue weighted by molar-refractivity contribution is 0.102. The van der Waals surface area contributed by atoms with Gasteiger partial charge in [0.2, 0.25) is 0 Å². The maximum absolute atomic E-state index is 12.3. The van der Waals surface area contributed by atoms with Gasteiger partial charge in [-0.1, -0.05) is 18.2 Å². The van der Waals surface area contributed by atoms with Crippen molar-refractivity contribution in [2.24, 2.45) is 0 Å². The van der Waals surface area contributed by atoms with Gasteiger partial charge < -0.3 is 20.9 Å². The summed E-state index contributed by atoms with van der Waals surface area (Å²) < 4.78 is 0. The van der Waals surface area contributed by atoms with E-state index in [1.165, 1.54) is 0 Å². The molecule has 3 amide bonds. The fraction of sp³-hybridized carbons (Fsp3) is 0.0588. The lowest BCUT2D eigenvalue weighted by Gasteiger charge is -2.07. The summed E-state index contributed by atoms with van der Waals surface area (Å²) in [6.45, 7) is 0. The van der Waals surface area contributed by atoms with Crippen molar-refractivity contribution in [2.45, 2.75) is 0 Å². The van der Waals surface area contributed by atoms with E-state index < -0.39 is 0 Å². The molecular weight excluding hydrogens is 292 g/mol. The standard InChI is InChI=1S/C17H16N4O2/c1-18-17(23)20-13-8-6-12(7-9-13)19-16(22)15-10-11-4-2-3-5-14(11)21-15/h2-10,21H,1H3,(H,19,22)(H2,18,20,23). The van der Waals surface area contributed by atoms with Crippen LogP contribution in [0, 0.1) is 0 Å². The quantitative estimate of drug-likeness (QED) is 0.599. The molecule has 23 heavy (non-hydrogen) atoms. The second-order valence-electron chi connectivity index (χ2n) is 5.01. The number of benzene rings is 2. The Balaban J connectivity index is 1.71. The largest absolute Gasteiger partial charge is 0.351 e. The van der Waals surface area contributed by atoms with Crippen LogP contribution >= 0.6 is 0 Å². The van der Waals surface area contributed by atoms with Gasteiger partial charge in [-0.15, -0.1) is 0 Å². The normalized spacial score (nSPS) is 10.3. The molecule has 0 unspecified atom stereocenters. The van der Waals surface area contributed by atoms with Gasteiger partial charge in [0.1, 0.15) is 5.69 Å². The van der Waals surface area contributed by atoms with Crippen LogP contribution in [0.3, 0.4) is 0 Å². The van der Waals surface area contributed by atoms with Gasteiger partial charge >= 0.3 is 6.03 Å². The van der Waals surface area contributed by atoms with E-state index in [-0.39, 0.29) is 11.9 Å². The number of anilines is 2. The van der Waals surface area contributed by atoms with E-state index >= 15 is 0 Å². The zero-order chi connectivity index (χ0) is 16.2. The molecule has 0 spiro atoms. The van der Waals surface area contributed by atoms with Crippen molar-refractivity contribution in [3.8, 4) is 0 Å². The molecule has 0 fully saturated rings. The number of aromatic nitrogens is 1. The molecule has 0 bridgehead atoms. The molecule has 0 aliphatic rings. The predicted molar refractivity (Wildman–Crippen MR) is 90.8 cm³/mol. The molecule has 3 rings (SSSR count). The molecule has 4 N–H and O–H groups in total. The Morgan fingerprint density at radius 1 is 0.913 bits per heavy atom. The predicted octanol–water partition coefficient (Wildman–Crippen LogP) is 3.17. The van der Waals surface area contributed by atoms with Gasteiger partial charge in [-0.05, 0) is 36.4 Å². The summed E-state index contributed by atoms with van der Waals surface area (Å²) >= 11 is 0. The van der Waals surface area contributed by atoms with E-state index in [1.54, 1.807) is 31.3 Å². The van der Waals surface area contributed by atoms with Crippen LogP contribution in [-0.4, -0.2) is 24.0 Å². The molecule has 1 heterocycles. The average molecular weight is 308 g/mol. The molecule has 3 aromatic rings. The maximum atomic E-state index is 12.3. The van der Waals surface area contributed by atoms with Gasteiger partial charge in [-0.25, -0.2) is 4.79 Å². The molecule has 0 saturated heterocycles. The van der Waals surface area contributed by atoms with Crippen molar-refractivity contribution in [1.82, 2.24) is 10.3 Å². The summed E-state index contributed by atoms with van der Waals surface area (Å²) in [5, 5.41) is 8.93. The highest BCUT2D eigenvalue weighted by Gasteiger charge is 2.09. The fourth-order valence-corrected chi connectivity index (χ4v) is 2.22. The molecule has 0 aliphatic heterocycles. The topological polar surface area (TPSA) is 86.0 Å². The lowest BCUT2D eigenvalue weighted by Crippen LogP contribution is -2.24. The van der Waals surface area contributed by atoms with Crippen molar-refractivity contribution >= 4 is 34.2 Å². The summed E-state index contributed by atoms with van der Waals surface area (Å²) in [4.78, 5) is 26.6. The Bertz CT molecular complexity index is 819. The number of hydrogen-bond donors (Lipinski definition) is 4. The molecule has 0 radical (unpaired) electrons. The Hall–Kier alpha value is -3.28. The van der Waals surface area contributed by atoms with Gasteiger partial charge in [0.05, 0.1) is 0 Å². The van der Waals surface area contributed by atoms with E-state index in [1.807, 2.05) is 30.3 Å². The number of carbonyl (C=O) groups excluding carboxylic acids is 2. The van der Waals surface area contributed by atoms with E-state index in [0.717, 1.165) is 10.9 Å². The van der Waals surface area contributed by atoms with Crippen molar-refractivity contribution in [1.29, 1.82) is 0 Å². The first-order valence-corrected chi connectivity index (χ1v) is 7.13. The van der Waals surface area contributed by atoms with Crippen LogP contribution in [0.1, 0.15) is 10.5 Å². The van der Waals surface area contributed by atoms with Gasteiger partial charge in [0.25, 0.3) is 5.91 Å². The number of urea groups is 1. The first-order valence-electron chi connectivity index (χ1n) is 7.13. The molecule has 0 atom stereocenters. The van der Waals surface area contributed by atoms with Crippen molar-refractivity contribution in [3.05, 3.63) is 60.3 Å². The molecule has 0 saturated carbocycles. The number of H-pyrrole nitrogens is 1. The minimum absolute atomic E-state index is 0.215. The number of fused-ring (bicyclic) bond motifs is 1. The third-order valence-electron chi connectivity index (χ3n) is 3.40. The molecule has 6 heteroatoms.